The predicted octanol–water partition coefficient (Wildman–Crippen LogP) is 3.45. The molecule has 6 nitrogen and oxygen atoms in total. The normalized spacial score (nSPS) is 11.4. The van der Waals surface area contributed by atoms with Crippen molar-refractivity contribution >= 4 is 0 Å². The first-order chi connectivity index (χ1) is 12.6. The molecule has 2 rings (SSSR count). The van der Waals surface area contributed by atoms with Gasteiger partial charge in [-0.05, 0) is 61.8 Å². The van der Waals surface area contributed by atoms with Crippen molar-refractivity contribution in [3.8, 4) is 12.3 Å². The second-order valence-electron chi connectivity index (χ2n) is 5.92. The van der Waals surface area contributed by atoms with Gasteiger partial charge in [-0.25, -0.2) is 5.26 Å². The third-order valence-electron chi connectivity index (χ3n) is 3.61. The Bertz CT molecular complexity index is 639. The molecule has 0 radical (unpaired) electrons. The molecule has 0 bridgehead atoms. The first kappa shape index (κ1) is 21.8. The van der Waals surface area contributed by atoms with Crippen LogP contribution in [0, 0.1) is 19.3 Å². The lowest BCUT2D eigenvalue weighted by molar-refractivity contribution is -0.620. The molecular formula is C20H26N2O4. The number of nitrogens with zero attached hydrogens (tertiary/aromatic N) is 2. The van der Waals surface area contributed by atoms with Crippen LogP contribution in [0.1, 0.15) is 29.2 Å². The Morgan fingerprint density at radius 2 is 1.92 bits per heavy atom. The Hall–Kier alpha value is -2.27. The van der Waals surface area contributed by atoms with Crippen LogP contribution in [0.25, 0.3) is 0 Å². The molecule has 0 fully saturated rings. The van der Waals surface area contributed by atoms with E-state index in [4.69, 9.17) is 5.26 Å². The van der Waals surface area contributed by atoms with Gasteiger partial charge in [0.1, 0.15) is 6.61 Å². The molecule has 1 N–H and O–H groups in total. The zero-order valence-electron chi connectivity index (χ0n) is 15.5. The van der Waals surface area contributed by atoms with E-state index in [-0.39, 0.29) is 6.61 Å². The van der Waals surface area contributed by atoms with Gasteiger partial charge >= 0.3 is 0 Å². The molecule has 0 amide bonds. The fourth-order valence-corrected chi connectivity index (χ4v) is 2.33. The molecule has 1 aromatic heterocycles. The van der Waals surface area contributed by atoms with Crippen molar-refractivity contribution in [3.63, 3.8) is 0 Å². The molecule has 1 heterocycles. The average Bonchev–Trinajstić information content (AvgIpc) is 2.65. The Labute approximate surface area is 155 Å². The highest BCUT2D eigenvalue weighted by atomic mass is 17.6. The Kier molecular flexibility index (Phi) is 10.9. The molecule has 0 aliphatic carbocycles. The van der Waals surface area contributed by atoms with Crippen LogP contribution in [0.15, 0.2) is 48.7 Å². The maximum atomic E-state index is 7.38. The number of aryl methyl sites for hydroxylation is 1. The number of benzene rings is 1. The summed E-state index contributed by atoms with van der Waals surface area (Å²) in [5, 5.41) is 13.9. The third kappa shape index (κ3) is 8.72. The summed E-state index contributed by atoms with van der Waals surface area (Å²) in [6, 6.07) is 15.0. The lowest BCUT2D eigenvalue weighted by Crippen LogP contribution is -2.17. The minimum absolute atomic E-state index is 0.0550. The van der Waals surface area contributed by atoms with Crippen LogP contribution in [-0.2, 0) is 15.0 Å². The minimum atomic E-state index is -0.0550. The molecule has 1 atom stereocenters. The Morgan fingerprint density at radius 1 is 1.19 bits per heavy atom. The summed E-state index contributed by atoms with van der Waals surface area (Å²) in [6.45, 7) is 3.13. The lowest BCUT2D eigenvalue weighted by Gasteiger charge is -2.19. The van der Waals surface area contributed by atoms with Gasteiger partial charge in [-0.15, -0.1) is 6.42 Å². The zero-order chi connectivity index (χ0) is 19.2. The van der Waals surface area contributed by atoms with Crippen molar-refractivity contribution in [2.75, 3.05) is 27.2 Å². The summed E-state index contributed by atoms with van der Waals surface area (Å²) >= 11 is 0. The topological polar surface area (TPSA) is 64.1 Å². The van der Waals surface area contributed by atoms with E-state index in [0.717, 1.165) is 18.7 Å². The smallest absolute Gasteiger partial charge is 0.146 e. The number of hydrogen-bond donors (Lipinski definition) is 1. The highest BCUT2D eigenvalue weighted by molar-refractivity contribution is 5.30. The van der Waals surface area contributed by atoms with Crippen LogP contribution in [0.2, 0.25) is 0 Å². The molecule has 0 saturated carbocycles. The van der Waals surface area contributed by atoms with Crippen molar-refractivity contribution in [1.29, 1.82) is 0 Å². The van der Waals surface area contributed by atoms with E-state index >= 15 is 0 Å². The molecule has 6 heteroatoms. The maximum absolute atomic E-state index is 7.38. The molecule has 0 aliphatic rings. The molecule has 0 aliphatic heterocycles. The molecule has 26 heavy (non-hydrogen) atoms. The number of pyridine rings is 1. The van der Waals surface area contributed by atoms with Gasteiger partial charge < -0.3 is 4.90 Å². The van der Waals surface area contributed by atoms with E-state index in [1.165, 1.54) is 11.1 Å². The van der Waals surface area contributed by atoms with Gasteiger partial charge in [-0.1, -0.05) is 41.8 Å². The quantitative estimate of drug-likeness (QED) is 0.337. The van der Waals surface area contributed by atoms with E-state index in [1.807, 2.05) is 12.3 Å². The second kappa shape index (κ2) is 13.0. The highest BCUT2D eigenvalue weighted by Gasteiger charge is 2.15. The number of aromatic nitrogens is 1. The SMILES string of the molecule is C#CCOOOO.Cc1ccc(C(CCN(C)C)c2ccccn2)cc1. The summed E-state index contributed by atoms with van der Waals surface area (Å²) in [7, 11) is 4.23. The Balaban J connectivity index is 0.000000412. The van der Waals surface area contributed by atoms with Crippen LogP contribution in [0.4, 0.5) is 0 Å². The summed E-state index contributed by atoms with van der Waals surface area (Å²) in [6.07, 6.45) is 7.65. The maximum Gasteiger partial charge on any atom is 0.146 e. The van der Waals surface area contributed by atoms with Gasteiger partial charge in [0.25, 0.3) is 0 Å². The first-order valence-corrected chi connectivity index (χ1v) is 8.23. The van der Waals surface area contributed by atoms with Crippen LogP contribution < -0.4 is 0 Å². The van der Waals surface area contributed by atoms with Crippen molar-refractivity contribution in [2.45, 2.75) is 19.3 Å². The van der Waals surface area contributed by atoms with E-state index in [0.29, 0.717) is 5.92 Å². The number of terminal acetylenes is 1. The average molecular weight is 358 g/mol. The van der Waals surface area contributed by atoms with Crippen LogP contribution in [0.5, 0.6) is 0 Å². The minimum Gasteiger partial charge on any atom is -0.309 e. The number of rotatable bonds is 8. The molecule has 2 aromatic rings. The zero-order valence-corrected chi connectivity index (χ0v) is 15.5. The van der Waals surface area contributed by atoms with Crippen molar-refractivity contribution in [1.82, 2.24) is 9.88 Å². The molecule has 0 saturated heterocycles. The van der Waals surface area contributed by atoms with Gasteiger partial charge in [0.15, 0.2) is 0 Å². The molecular weight excluding hydrogens is 332 g/mol. The summed E-state index contributed by atoms with van der Waals surface area (Å²) < 4.78 is 0. The van der Waals surface area contributed by atoms with Crippen molar-refractivity contribution < 1.29 is 20.2 Å². The molecule has 140 valence electrons. The predicted molar refractivity (Wildman–Crippen MR) is 100 cm³/mol. The Morgan fingerprint density at radius 3 is 2.46 bits per heavy atom. The van der Waals surface area contributed by atoms with Crippen LogP contribution >= 0.6 is 0 Å². The monoisotopic (exact) mass is 358 g/mol. The third-order valence-corrected chi connectivity index (χ3v) is 3.61. The van der Waals surface area contributed by atoms with Gasteiger partial charge in [-0.2, -0.15) is 4.89 Å². The van der Waals surface area contributed by atoms with E-state index in [9.17, 15) is 0 Å². The van der Waals surface area contributed by atoms with Crippen LogP contribution in [0.3, 0.4) is 0 Å². The van der Waals surface area contributed by atoms with E-state index < -0.39 is 0 Å². The molecule has 0 spiro atoms. The standard InChI is InChI=1S/C17H22N2.C3H4O4/c1-14-7-9-15(10-8-14)16(11-13-19(2)3)17-6-4-5-12-18-17;1-2-3-5-7-6-4/h4-10,12,16H,11,13H2,1-3H3;1,4H,3H2. The van der Waals surface area contributed by atoms with E-state index in [1.54, 1.807) is 0 Å². The van der Waals surface area contributed by atoms with Crippen molar-refractivity contribution in [3.05, 3.63) is 65.5 Å². The first-order valence-electron chi connectivity index (χ1n) is 8.23. The van der Waals surface area contributed by atoms with Gasteiger partial charge in [-0.3, -0.25) is 4.98 Å². The molecule has 1 aromatic carbocycles. The van der Waals surface area contributed by atoms with Crippen molar-refractivity contribution in [2.24, 2.45) is 0 Å². The largest absolute Gasteiger partial charge is 0.309 e. The fraction of sp³-hybridized carbons (Fsp3) is 0.350. The summed E-state index contributed by atoms with van der Waals surface area (Å²) in [4.78, 5) is 10.7. The van der Waals surface area contributed by atoms with Crippen LogP contribution in [-0.4, -0.2) is 42.4 Å². The van der Waals surface area contributed by atoms with E-state index in [2.05, 4.69) is 94.6 Å². The lowest BCUT2D eigenvalue weighted by atomic mass is 9.91. The van der Waals surface area contributed by atoms with Gasteiger partial charge in [0.05, 0.1) is 0 Å². The van der Waals surface area contributed by atoms with Gasteiger partial charge in [0, 0.05) is 17.8 Å². The number of hydrogen-bond acceptors (Lipinski definition) is 6. The second-order valence-corrected chi connectivity index (χ2v) is 5.92. The summed E-state index contributed by atoms with van der Waals surface area (Å²) in [5.41, 5.74) is 3.82. The fourth-order valence-electron chi connectivity index (χ4n) is 2.33. The highest BCUT2D eigenvalue weighted by Crippen LogP contribution is 2.26. The summed E-state index contributed by atoms with van der Waals surface area (Å²) in [5.74, 6) is 2.44. The molecule has 1 unspecified atom stereocenters. The van der Waals surface area contributed by atoms with Gasteiger partial charge in [0.2, 0.25) is 0 Å².